The normalized spacial score (nSPS) is 14.9. The quantitative estimate of drug-likeness (QED) is 0.733. The molecule has 1 fully saturated rings. The van der Waals surface area contributed by atoms with Crippen molar-refractivity contribution in [2.75, 3.05) is 49.5 Å². The van der Waals surface area contributed by atoms with Gasteiger partial charge in [-0.25, -0.2) is 4.79 Å². The maximum atomic E-state index is 12.0. The SMILES string of the molecule is O=C(NCCN1CCN(c2ccc(Cl)cc2)CC1)Nc1ccc(Cl)c(Cl)c1. The molecule has 27 heavy (non-hydrogen) atoms. The summed E-state index contributed by atoms with van der Waals surface area (Å²) in [7, 11) is 0. The van der Waals surface area contributed by atoms with Gasteiger partial charge < -0.3 is 15.5 Å². The second-order valence-electron chi connectivity index (χ2n) is 6.31. The van der Waals surface area contributed by atoms with Gasteiger partial charge in [-0.1, -0.05) is 34.8 Å². The predicted molar refractivity (Wildman–Crippen MR) is 114 cm³/mol. The monoisotopic (exact) mass is 426 g/mol. The Morgan fingerprint density at radius 2 is 1.63 bits per heavy atom. The summed E-state index contributed by atoms with van der Waals surface area (Å²) < 4.78 is 0. The molecule has 5 nitrogen and oxygen atoms in total. The molecule has 144 valence electrons. The molecule has 0 bridgehead atoms. The van der Waals surface area contributed by atoms with E-state index in [4.69, 9.17) is 34.8 Å². The third-order valence-electron chi connectivity index (χ3n) is 4.46. The summed E-state index contributed by atoms with van der Waals surface area (Å²) in [6.07, 6.45) is 0. The number of nitrogens with zero attached hydrogens (tertiary/aromatic N) is 2. The van der Waals surface area contributed by atoms with Crippen molar-refractivity contribution < 1.29 is 4.79 Å². The summed E-state index contributed by atoms with van der Waals surface area (Å²) in [6.45, 7) is 5.21. The van der Waals surface area contributed by atoms with Crippen LogP contribution in [0.25, 0.3) is 0 Å². The zero-order valence-electron chi connectivity index (χ0n) is 14.7. The molecule has 2 aromatic carbocycles. The molecule has 2 aromatic rings. The maximum Gasteiger partial charge on any atom is 0.319 e. The molecule has 1 aliphatic rings. The Kier molecular flexibility index (Phi) is 7.07. The molecule has 0 atom stereocenters. The van der Waals surface area contributed by atoms with Gasteiger partial charge in [0.1, 0.15) is 0 Å². The third kappa shape index (κ3) is 5.91. The number of urea groups is 1. The van der Waals surface area contributed by atoms with E-state index >= 15 is 0 Å². The molecule has 8 heteroatoms. The van der Waals surface area contributed by atoms with Gasteiger partial charge in [-0.2, -0.15) is 0 Å². The van der Waals surface area contributed by atoms with Crippen LogP contribution in [-0.2, 0) is 0 Å². The molecule has 1 saturated heterocycles. The molecule has 1 aliphatic heterocycles. The Bertz CT molecular complexity index is 777. The van der Waals surface area contributed by atoms with Crippen LogP contribution < -0.4 is 15.5 Å². The van der Waals surface area contributed by atoms with Crippen LogP contribution in [0, 0.1) is 0 Å². The first-order valence-electron chi connectivity index (χ1n) is 8.74. The van der Waals surface area contributed by atoms with Crippen molar-refractivity contribution in [3.8, 4) is 0 Å². The number of hydrogen-bond acceptors (Lipinski definition) is 3. The Labute approximate surface area is 174 Å². The predicted octanol–water partition coefficient (Wildman–Crippen LogP) is 4.59. The van der Waals surface area contributed by atoms with Crippen molar-refractivity contribution in [2.24, 2.45) is 0 Å². The van der Waals surface area contributed by atoms with E-state index in [9.17, 15) is 4.79 Å². The van der Waals surface area contributed by atoms with E-state index < -0.39 is 0 Å². The average Bonchev–Trinajstić information content (AvgIpc) is 2.66. The molecule has 0 unspecified atom stereocenters. The van der Waals surface area contributed by atoms with Crippen molar-refractivity contribution in [2.45, 2.75) is 0 Å². The number of anilines is 2. The lowest BCUT2D eigenvalue weighted by molar-refractivity contribution is 0.240. The van der Waals surface area contributed by atoms with Crippen molar-refractivity contribution in [1.82, 2.24) is 10.2 Å². The lowest BCUT2D eigenvalue weighted by Gasteiger charge is -2.36. The number of benzene rings is 2. The first kappa shape index (κ1) is 20.1. The number of amides is 2. The second-order valence-corrected chi connectivity index (χ2v) is 7.57. The van der Waals surface area contributed by atoms with Crippen molar-refractivity contribution in [3.05, 3.63) is 57.5 Å². The van der Waals surface area contributed by atoms with Crippen molar-refractivity contribution in [1.29, 1.82) is 0 Å². The maximum absolute atomic E-state index is 12.0. The van der Waals surface area contributed by atoms with Gasteiger partial charge in [0, 0.05) is 55.7 Å². The van der Waals surface area contributed by atoms with E-state index in [-0.39, 0.29) is 6.03 Å². The number of carbonyl (C=O) groups is 1. The summed E-state index contributed by atoms with van der Waals surface area (Å²) in [4.78, 5) is 16.7. The molecular weight excluding hydrogens is 407 g/mol. The highest BCUT2D eigenvalue weighted by Gasteiger charge is 2.17. The van der Waals surface area contributed by atoms with E-state index in [0.717, 1.165) is 37.7 Å². The fourth-order valence-electron chi connectivity index (χ4n) is 2.96. The third-order valence-corrected chi connectivity index (χ3v) is 5.45. The van der Waals surface area contributed by atoms with Gasteiger partial charge in [-0.05, 0) is 42.5 Å². The summed E-state index contributed by atoms with van der Waals surface area (Å²) in [5, 5.41) is 7.24. The van der Waals surface area contributed by atoms with Crippen LogP contribution in [0.3, 0.4) is 0 Å². The van der Waals surface area contributed by atoms with Gasteiger partial charge in [0.15, 0.2) is 0 Å². The van der Waals surface area contributed by atoms with Crippen LogP contribution in [0.1, 0.15) is 0 Å². The van der Waals surface area contributed by atoms with Gasteiger partial charge in [0.05, 0.1) is 10.0 Å². The van der Waals surface area contributed by atoms with E-state index in [1.165, 1.54) is 5.69 Å². The zero-order valence-corrected chi connectivity index (χ0v) is 17.0. The average molecular weight is 428 g/mol. The first-order valence-corrected chi connectivity index (χ1v) is 9.87. The van der Waals surface area contributed by atoms with Crippen LogP contribution in [0.2, 0.25) is 15.1 Å². The number of carbonyl (C=O) groups excluding carboxylic acids is 1. The highest BCUT2D eigenvalue weighted by atomic mass is 35.5. The van der Waals surface area contributed by atoms with Crippen LogP contribution in [0.4, 0.5) is 16.2 Å². The fourth-order valence-corrected chi connectivity index (χ4v) is 3.38. The zero-order chi connectivity index (χ0) is 19.2. The number of piperazine rings is 1. The summed E-state index contributed by atoms with van der Waals surface area (Å²) in [5.74, 6) is 0. The van der Waals surface area contributed by atoms with E-state index in [1.807, 2.05) is 24.3 Å². The minimum Gasteiger partial charge on any atom is -0.369 e. The second kappa shape index (κ2) is 9.51. The Balaban J connectivity index is 1.36. The molecule has 0 radical (unpaired) electrons. The lowest BCUT2D eigenvalue weighted by atomic mass is 10.2. The van der Waals surface area contributed by atoms with Crippen molar-refractivity contribution in [3.63, 3.8) is 0 Å². The van der Waals surface area contributed by atoms with E-state index in [1.54, 1.807) is 18.2 Å². The highest BCUT2D eigenvalue weighted by molar-refractivity contribution is 6.42. The van der Waals surface area contributed by atoms with Gasteiger partial charge >= 0.3 is 6.03 Å². The van der Waals surface area contributed by atoms with Gasteiger partial charge in [-0.15, -0.1) is 0 Å². The van der Waals surface area contributed by atoms with Gasteiger partial charge in [0.25, 0.3) is 0 Å². The molecule has 0 saturated carbocycles. The summed E-state index contributed by atoms with van der Waals surface area (Å²) in [5.41, 5.74) is 1.80. The number of halogens is 3. The molecule has 0 spiro atoms. The van der Waals surface area contributed by atoms with Crippen LogP contribution in [0.15, 0.2) is 42.5 Å². The van der Waals surface area contributed by atoms with Gasteiger partial charge in [0.2, 0.25) is 0 Å². The highest BCUT2D eigenvalue weighted by Crippen LogP contribution is 2.25. The van der Waals surface area contributed by atoms with Crippen LogP contribution >= 0.6 is 34.8 Å². The summed E-state index contributed by atoms with van der Waals surface area (Å²) >= 11 is 17.8. The molecule has 2 amide bonds. The molecule has 2 N–H and O–H groups in total. The van der Waals surface area contributed by atoms with E-state index in [2.05, 4.69) is 20.4 Å². The minimum atomic E-state index is -0.256. The first-order chi connectivity index (χ1) is 13.0. The Morgan fingerprint density at radius 3 is 2.30 bits per heavy atom. The number of rotatable bonds is 5. The van der Waals surface area contributed by atoms with E-state index in [0.29, 0.717) is 22.3 Å². The van der Waals surface area contributed by atoms with Crippen LogP contribution in [0.5, 0.6) is 0 Å². The lowest BCUT2D eigenvalue weighted by Crippen LogP contribution is -2.48. The van der Waals surface area contributed by atoms with Crippen LogP contribution in [-0.4, -0.2) is 50.2 Å². The molecular formula is C19H21Cl3N4O. The summed E-state index contributed by atoms with van der Waals surface area (Å²) in [6, 6.07) is 12.7. The van der Waals surface area contributed by atoms with Gasteiger partial charge in [-0.3, -0.25) is 4.90 Å². The molecule has 1 heterocycles. The molecule has 0 aliphatic carbocycles. The number of nitrogens with one attached hydrogen (secondary N) is 2. The fraction of sp³-hybridized carbons (Fsp3) is 0.316. The van der Waals surface area contributed by atoms with Crippen molar-refractivity contribution >= 4 is 52.2 Å². The number of hydrogen-bond donors (Lipinski definition) is 2. The Hall–Kier alpha value is -1.66. The molecule has 0 aromatic heterocycles. The minimum absolute atomic E-state index is 0.256. The topological polar surface area (TPSA) is 47.6 Å². The Morgan fingerprint density at radius 1 is 0.926 bits per heavy atom. The smallest absolute Gasteiger partial charge is 0.319 e. The molecule has 3 rings (SSSR count). The standard InChI is InChI=1S/C19H21Cl3N4O/c20-14-1-4-16(5-2-14)26-11-9-25(10-12-26)8-7-23-19(27)24-15-3-6-17(21)18(22)13-15/h1-6,13H,7-12H2,(H2,23,24,27). The largest absolute Gasteiger partial charge is 0.369 e.